The molecule has 1 aliphatic heterocycles. The maximum Gasteiger partial charge on any atom is 0.251 e. The highest BCUT2D eigenvalue weighted by molar-refractivity contribution is 5.62. The third kappa shape index (κ3) is 1.94. The van der Waals surface area contributed by atoms with Crippen molar-refractivity contribution in [2.45, 2.75) is 6.92 Å². The molecule has 106 valence electrons. The topological polar surface area (TPSA) is 75.2 Å². The van der Waals surface area contributed by atoms with Crippen molar-refractivity contribution in [2.75, 3.05) is 6.79 Å². The van der Waals surface area contributed by atoms with Crippen molar-refractivity contribution < 1.29 is 13.9 Å². The molecule has 3 heterocycles. The molecule has 0 radical (unpaired) electrons. The van der Waals surface area contributed by atoms with Crippen LogP contribution in [0.3, 0.4) is 0 Å². The third-order valence-electron chi connectivity index (χ3n) is 3.29. The van der Waals surface area contributed by atoms with E-state index in [4.69, 9.17) is 13.9 Å². The number of hydrogen-bond donors (Lipinski definition) is 0. The van der Waals surface area contributed by atoms with Gasteiger partial charge >= 0.3 is 0 Å². The van der Waals surface area contributed by atoms with Crippen molar-refractivity contribution in [1.29, 1.82) is 0 Å². The zero-order chi connectivity index (χ0) is 14.4. The maximum atomic E-state index is 5.74. The zero-order valence-corrected chi connectivity index (χ0v) is 11.5. The Kier molecular flexibility index (Phi) is 2.47. The lowest BCUT2D eigenvalue weighted by Gasteiger charge is -1.97. The summed E-state index contributed by atoms with van der Waals surface area (Å²) in [5.41, 5.74) is 2.47. The van der Waals surface area contributed by atoms with E-state index in [-0.39, 0.29) is 6.79 Å². The summed E-state index contributed by atoms with van der Waals surface area (Å²) in [5, 5.41) is 12.4. The van der Waals surface area contributed by atoms with Crippen molar-refractivity contribution in [1.82, 2.24) is 20.0 Å². The van der Waals surface area contributed by atoms with E-state index in [0.717, 1.165) is 22.6 Å². The van der Waals surface area contributed by atoms with Crippen molar-refractivity contribution in [3.8, 4) is 34.4 Å². The molecule has 0 aliphatic carbocycles. The molecule has 7 heteroatoms. The summed E-state index contributed by atoms with van der Waals surface area (Å²) in [4.78, 5) is 0. The van der Waals surface area contributed by atoms with Crippen LogP contribution in [0.1, 0.15) is 5.69 Å². The molecule has 1 aromatic carbocycles. The number of ether oxygens (including phenoxy) is 2. The maximum absolute atomic E-state index is 5.74. The Morgan fingerprint density at radius 3 is 2.71 bits per heavy atom. The molecular formula is C14H12N4O3. The average Bonchev–Trinajstić information content (AvgIpc) is 3.17. The SMILES string of the molecule is Cc1nn(C)cc1-c1nnc(-c2ccc3c(c2)OCO3)o1. The van der Waals surface area contributed by atoms with Gasteiger partial charge in [-0.2, -0.15) is 5.10 Å². The smallest absolute Gasteiger partial charge is 0.251 e. The molecule has 2 aromatic heterocycles. The number of hydrogen-bond acceptors (Lipinski definition) is 6. The monoisotopic (exact) mass is 284 g/mol. The first-order valence-corrected chi connectivity index (χ1v) is 6.45. The highest BCUT2D eigenvalue weighted by Crippen LogP contribution is 2.36. The van der Waals surface area contributed by atoms with E-state index in [0.29, 0.717) is 17.5 Å². The predicted molar refractivity (Wildman–Crippen MR) is 72.8 cm³/mol. The van der Waals surface area contributed by atoms with Crippen LogP contribution in [0.25, 0.3) is 22.9 Å². The molecular weight excluding hydrogens is 272 g/mol. The molecule has 0 atom stereocenters. The van der Waals surface area contributed by atoms with Gasteiger partial charge in [0.25, 0.3) is 5.89 Å². The molecule has 0 bridgehead atoms. The minimum atomic E-state index is 0.239. The van der Waals surface area contributed by atoms with Gasteiger partial charge in [0.15, 0.2) is 11.5 Å². The highest BCUT2D eigenvalue weighted by atomic mass is 16.7. The highest BCUT2D eigenvalue weighted by Gasteiger charge is 2.18. The van der Waals surface area contributed by atoms with Gasteiger partial charge in [0.1, 0.15) is 0 Å². The molecule has 0 saturated carbocycles. The molecule has 7 nitrogen and oxygen atoms in total. The lowest BCUT2D eigenvalue weighted by atomic mass is 10.2. The van der Waals surface area contributed by atoms with E-state index < -0.39 is 0 Å². The summed E-state index contributed by atoms with van der Waals surface area (Å²) < 4.78 is 18.1. The van der Waals surface area contributed by atoms with E-state index >= 15 is 0 Å². The van der Waals surface area contributed by atoms with Gasteiger partial charge in [0, 0.05) is 18.8 Å². The molecule has 0 fully saturated rings. The molecule has 1 aliphatic rings. The number of benzene rings is 1. The Balaban J connectivity index is 1.73. The van der Waals surface area contributed by atoms with Crippen molar-refractivity contribution in [3.05, 3.63) is 30.1 Å². The van der Waals surface area contributed by atoms with E-state index in [2.05, 4.69) is 15.3 Å². The van der Waals surface area contributed by atoms with Crippen LogP contribution in [0.2, 0.25) is 0 Å². The number of fused-ring (bicyclic) bond motifs is 1. The van der Waals surface area contributed by atoms with Crippen molar-refractivity contribution >= 4 is 0 Å². The second-order valence-corrected chi connectivity index (χ2v) is 4.78. The standard InChI is InChI=1S/C14H12N4O3/c1-8-10(6-18(2)17-8)14-16-15-13(21-14)9-3-4-11-12(5-9)20-7-19-11/h3-6H,7H2,1-2H3. The number of aryl methyl sites for hydroxylation is 2. The second kappa shape index (κ2) is 4.34. The first kappa shape index (κ1) is 12.0. The minimum absolute atomic E-state index is 0.239. The van der Waals surface area contributed by atoms with Gasteiger partial charge in [-0.15, -0.1) is 10.2 Å². The van der Waals surface area contributed by atoms with Gasteiger partial charge in [-0.1, -0.05) is 0 Å². The lowest BCUT2D eigenvalue weighted by Crippen LogP contribution is -1.92. The van der Waals surface area contributed by atoms with Crippen LogP contribution in [-0.2, 0) is 7.05 Å². The van der Waals surface area contributed by atoms with E-state index in [1.807, 2.05) is 38.4 Å². The van der Waals surface area contributed by atoms with Crippen LogP contribution < -0.4 is 9.47 Å². The van der Waals surface area contributed by atoms with Crippen LogP contribution in [0.4, 0.5) is 0 Å². The number of rotatable bonds is 2. The van der Waals surface area contributed by atoms with Crippen molar-refractivity contribution in [3.63, 3.8) is 0 Å². The summed E-state index contributed by atoms with van der Waals surface area (Å²) in [6, 6.07) is 5.52. The Morgan fingerprint density at radius 2 is 1.90 bits per heavy atom. The first-order valence-electron chi connectivity index (χ1n) is 6.45. The Labute approximate surface area is 120 Å². The fourth-order valence-corrected chi connectivity index (χ4v) is 2.29. The molecule has 0 saturated heterocycles. The van der Waals surface area contributed by atoms with Gasteiger partial charge in [-0.3, -0.25) is 4.68 Å². The van der Waals surface area contributed by atoms with Gasteiger partial charge in [-0.25, -0.2) is 0 Å². The van der Waals surface area contributed by atoms with Crippen LogP contribution in [-0.4, -0.2) is 26.8 Å². The summed E-state index contributed by atoms with van der Waals surface area (Å²) in [7, 11) is 1.85. The normalized spacial score (nSPS) is 12.9. The van der Waals surface area contributed by atoms with Gasteiger partial charge in [0.05, 0.1) is 11.3 Å². The molecule has 0 spiro atoms. The van der Waals surface area contributed by atoms with Gasteiger partial charge in [0.2, 0.25) is 12.7 Å². The van der Waals surface area contributed by atoms with E-state index in [1.54, 1.807) is 4.68 Å². The minimum Gasteiger partial charge on any atom is -0.454 e. The number of nitrogens with zero attached hydrogens (tertiary/aromatic N) is 4. The molecule has 0 unspecified atom stereocenters. The third-order valence-corrected chi connectivity index (χ3v) is 3.29. The summed E-state index contributed by atoms with van der Waals surface area (Å²) in [6.07, 6.45) is 1.85. The molecule has 3 aromatic rings. The fourth-order valence-electron chi connectivity index (χ4n) is 2.29. The van der Waals surface area contributed by atoms with Crippen LogP contribution in [0, 0.1) is 6.92 Å². The Bertz CT molecular complexity index is 821. The van der Waals surface area contributed by atoms with Crippen molar-refractivity contribution in [2.24, 2.45) is 7.05 Å². The first-order chi connectivity index (χ1) is 10.2. The van der Waals surface area contributed by atoms with Crippen LogP contribution >= 0.6 is 0 Å². The van der Waals surface area contributed by atoms with E-state index in [9.17, 15) is 0 Å². The molecule has 4 rings (SSSR count). The van der Waals surface area contributed by atoms with Gasteiger partial charge in [-0.05, 0) is 25.1 Å². The second-order valence-electron chi connectivity index (χ2n) is 4.78. The van der Waals surface area contributed by atoms with Gasteiger partial charge < -0.3 is 13.9 Å². The Morgan fingerprint density at radius 1 is 1.10 bits per heavy atom. The zero-order valence-electron chi connectivity index (χ0n) is 11.5. The molecule has 21 heavy (non-hydrogen) atoms. The number of aromatic nitrogens is 4. The fraction of sp³-hybridized carbons (Fsp3) is 0.214. The van der Waals surface area contributed by atoms with Crippen LogP contribution in [0.15, 0.2) is 28.8 Å². The largest absolute Gasteiger partial charge is 0.454 e. The summed E-state index contributed by atoms with van der Waals surface area (Å²) >= 11 is 0. The quantitative estimate of drug-likeness (QED) is 0.718. The summed E-state index contributed by atoms with van der Waals surface area (Å²) in [6.45, 7) is 2.14. The Hall–Kier alpha value is -2.83. The van der Waals surface area contributed by atoms with Crippen LogP contribution in [0.5, 0.6) is 11.5 Å². The average molecular weight is 284 g/mol. The lowest BCUT2D eigenvalue weighted by molar-refractivity contribution is 0.174. The summed E-state index contributed by atoms with van der Waals surface area (Å²) in [5.74, 6) is 2.30. The van der Waals surface area contributed by atoms with E-state index in [1.165, 1.54) is 0 Å². The predicted octanol–water partition coefficient (Wildman–Crippen LogP) is 2.17. The molecule has 0 amide bonds. The molecule has 0 N–H and O–H groups in total.